The van der Waals surface area contributed by atoms with Crippen molar-refractivity contribution in [2.75, 3.05) is 11.9 Å². The quantitative estimate of drug-likeness (QED) is 0.783. The molecule has 0 aliphatic carbocycles. The van der Waals surface area contributed by atoms with E-state index in [0.29, 0.717) is 0 Å². The van der Waals surface area contributed by atoms with Crippen LogP contribution in [0, 0.1) is 6.92 Å². The van der Waals surface area contributed by atoms with Gasteiger partial charge in [-0.25, -0.2) is 0 Å². The van der Waals surface area contributed by atoms with Gasteiger partial charge in [0.05, 0.1) is 11.2 Å². The van der Waals surface area contributed by atoms with E-state index >= 15 is 0 Å². The Morgan fingerprint density at radius 3 is 2.93 bits per heavy atom. The zero-order valence-corrected chi connectivity index (χ0v) is 8.75. The van der Waals surface area contributed by atoms with Crippen LogP contribution < -0.4 is 5.32 Å². The Bertz CT molecular complexity index is 429. The first-order valence-corrected chi connectivity index (χ1v) is 5.13. The molecular weight excluding hydrogens is 172 g/mol. The molecule has 2 heteroatoms. The van der Waals surface area contributed by atoms with E-state index in [1.165, 1.54) is 16.9 Å². The molecule has 2 heterocycles. The van der Waals surface area contributed by atoms with E-state index in [1.54, 1.807) is 0 Å². The number of nitrogens with zero attached hydrogens (tertiary/aromatic N) is 1. The summed E-state index contributed by atoms with van der Waals surface area (Å²) < 4.78 is 2.21. The molecule has 0 aromatic carbocycles. The Balaban J connectivity index is 2.44. The summed E-state index contributed by atoms with van der Waals surface area (Å²) in [6.07, 6.45) is 3.25. The van der Waals surface area contributed by atoms with Gasteiger partial charge in [0.25, 0.3) is 0 Å². The second kappa shape index (κ2) is 3.74. The van der Waals surface area contributed by atoms with Crippen molar-refractivity contribution in [3.05, 3.63) is 36.2 Å². The van der Waals surface area contributed by atoms with E-state index in [1.807, 2.05) is 0 Å². The summed E-state index contributed by atoms with van der Waals surface area (Å²) in [7, 11) is 0. The molecule has 0 unspecified atom stereocenters. The Hall–Kier alpha value is -1.44. The maximum atomic E-state index is 3.43. The van der Waals surface area contributed by atoms with Crippen molar-refractivity contribution in [3.63, 3.8) is 0 Å². The van der Waals surface area contributed by atoms with Crippen LogP contribution in [-0.4, -0.2) is 10.9 Å². The Morgan fingerprint density at radius 2 is 2.14 bits per heavy atom. The highest BCUT2D eigenvalue weighted by Gasteiger charge is 2.01. The Labute approximate surface area is 84.6 Å². The molecule has 2 aromatic rings. The monoisotopic (exact) mass is 188 g/mol. The van der Waals surface area contributed by atoms with E-state index in [0.717, 1.165) is 13.0 Å². The predicted octanol–water partition coefficient (Wildman–Crippen LogP) is 3.07. The highest BCUT2D eigenvalue weighted by molar-refractivity contribution is 5.72. The van der Waals surface area contributed by atoms with Crippen LogP contribution in [0.3, 0.4) is 0 Å². The van der Waals surface area contributed by atoms with Crippen LogP contribution in [0.2, 0.25) is 0 Å². The van der Waals surface area contributed by atoms with Gasteiger partial charge in [-0.1, -0.05) is 6.92 Å². The van der Waals surface area contributed by atoms with Crippen LogP contribution in [0.15, 0.2) is 30.5 Å². The van der Waals surface area contributed by atoms with Gasteiger partial charge in [-0.3, -0.25) is 0 Å². The van der Waals surface area contributed by atoms with Gasteiger partial charge < -0.3 is 9.72 Å². The average molecular weight is 188 g/mol. The first-order chi connectivity index (χ1) is 6.83. The fourth-order valence-corrected chi connectivity index (χ4v) is 1.69. The van der Waals surface area contributed by atoms with Crippen LogP contribution in [0.5, 0.6) is 0 Å². The van der Waals surface area contributed by atoms with Crippen molar-refractivity contribution in [2.24, 2.45) is 0 Å². The Kier molecular flexibility index (Phi) is 2.44. The molecule has 74 valence electrons. The van der Waals surface area contributed by atoms with Gasteiger partial charge in [0.2, 0.25) is 0 Å². The summed E-state index contributed by atoms with van der Waals surface area (Å²) >= 11 is 0. The number of hydrogen-bond donors (Lipinski definition) is 1. The molecule has 0 saturated carbocycles. The molecule has 2 aromatic heterocycles. The summed E-state index contributed by atoms with van der Waals surface area (Å²) in [6.45, 7) is 5.33. The molecule has 2 rings (SSSR count). The fraction of sp³-hybridized carbons (Fsp3) is 0.333. The molecule has 2 nitrogen and oxygen atoms in total. The van der Waals surface area contributed by atoms with Gasteiger partial charge >= 0.3 is 0 Å². The number of pyridine rings is 1. The third-order valence-electron chi connectivity index (χ3n) is 2.46. The molecule has 1 N–H and O–H groups in total. The van der Waals surface area contributed by atoms with E-state index in [2.05, 4.69) is 54.0 Å². The molecule has 0 fully saturated rings. The van der Waals surface area contributed by atoms with Crippen LogP contribution >= 0.6 is 0 Å². The zero-order chi connectivity index (χ0) is 9.97. The van der Waals surface area contributed by atoms with Gasteiger partial charge in [-0.05, 0) is 37.6 Å². The normalized spacial score (nSPS) is 10.7. The highest BCUT2D eigenvalue weighted by atomic mass is 14.9. The topological polar surface area (TPSA) is 16.4 Å². The fourth-order valence-electron chi connectivity index (χ4n) is 1.69. The second-order valence-corrected chi connectivity index (χ2v) is 3.58. The lowest BCUT2D eigenvalue weighted by atomic mass is 10.3. The molecular formula is C12H16N2. The predicted molar refractivity (Wildman–Crippen MR) is 60.9 cm³/mol. The van der Waals surface area contributed by atoms with Gasteiger partial charge in [0.1, 0.15) is 0 Å². The van der Waals surface area contributed by atoms with Gasteiger partial charge in [-0.15, -0.1) is 0 Å². The lowest BCUT2D eigenvalue weighted by Gasteiger charge is -2.07. The van der Waals surface area contributed by atoms with E-state index in [4.69, 9.17) is 0 Å². The summed E-state index contributed by atoms with van der Waals surface area (Å²) in [5, 5.41) is 3.43. The summed E-state index contributed by atoms with van der Waals surface area (Å²) in [5.74, 6) is 0. The third-order valence-corrected chi connectivity index (χ3v) is 2.46. The van der Waals surface area contributed by atoms with Crippen molar-refractivity contribution < 1.29 is 0 Å². The Morgan fingerprint density at radius 1 is 1.29 bits per heavy atom. The first-order valence-electron chi connectivity index (χ1n) is 5.13. The number of rotatable bonds is 3. The average Bonchev–Trinajstić information content (AvgIpc) is 2.58. The van der Waals surface area contributed by atoms with E-state index < -0.39 is 0 Å². The van der Waals surface area contributed by atoms with Crippen molar-refractivity contribution >= 4 is 11.2 Å². The van der Waals surface area contributed by atoms with Crippen molar-refractivity contribution in [1.29, 1.82) is 0 Å². The van der Waals surface area contributed by atoms with Gasteiger partial charge in [0.15, 0.2) is 0 Å². The second-order valence-electron chi connectivity index (χ2n) is 3.58. The number of aromatic nitrogens is 1. The third kappa shape index (κ3) is 1.48. The molecule has 0 aliphatic heterocycles. The molecule has 0 radical (unpaired) electrons. The van der Waals surface area contributed by atoms with Gasteiger partial charge in [0, 0.05) is 18.4 Å². The minimum Gasteiger partial charge on any atom is -0.383 e. The molecule has 0 atom stereocenters. The smallest absolute Gasteiger partial charge is 0.0685 e. The van der Waals surface area contributed by atoms with E-state index in [9.17, 15) is 0 Å². The lowest BCUT2D eigenvalue weighted by molar-refractivity contribution is 0.978. The first kappa shape index (κ1) is 9.13. The van der Waals surface area contributed by atoms with Crippen molar-refractivity contribution in [3.8, 4) is 0 Å². The van der Waals surface area contributed by atoms with Crippen molar-refractivity contribution in [1.82, 2.24) is 4.40 Å². The van der Waals surface area contributed by atoms with E-state index in [-0.39, 0.29) is 0 Å². The SMILES string of the molecule is CCCNc1cccn2c(C)ccc12. The summed E-state index contributed by atoms with van der Waals surface area (Å²) in [4.78, 5) is 0. The maximum Gasteiger partial charge on any atom is 0.0685 e. The number of anilines is 1. The van der Waals surface area contributed by atoms with Crippen LogP contribution in [-0.2, 0) is 0 Å². The van der Waals surface area contributed by atoms with Crippen LogP contribution in [0.1, 0.15) is 19.0 Å². The molecule has 0 bridgehead atoms. The van der Waals surface area contributed by atoms with Crippen molar-refractivity contribution in [2.45, 2.75) is 20.3 Å². The largest absolute Gasteiger partial charge is 0.383 e. The summed E-state index contributed by atoms with van der Waals surface area (Å²) in [5.41, 5.74) is 3.76. The number of nitrogens with one attached hydrogen (secondary N) is 1. The lowest BCUT2D eigenvalue weighted by Crippen LogP contribution is -2.01. The summed E-state index contributed by atoms with van der Waals surface area (Å²) in [6, 6.07) is 8.52. The molecule has 0 aliphatic rings. The molecule has 0 amide bonds. The zero-order valence-electron chi connectivity index (χ0n) is 8.75. The number of hydrogen-bond acceptors (Lipinski definition) is 1. The van der Waals surface area contributed by atoms with Crippen LogP contribution in [0.4, 0.5) is 5.69 Å². The highest BCUT2D eigenvalue weighted by Crippen LogP contribution is 2.19. The molecule has 0 spiro atoms. The number of fused-ring (bicyclic) bond motifs is 1. The molecule has 0 saturated heterocycles. The standard InChI is InChI=1S/C12H16N2/c1-3-8-13-11-5-4-9-14-10(2)6-7-12(11)14/h4-7,9,13H,3,8H2,1-2H3. The molecule has 14 heavy (non-hydrogen) atoms. The maximum absolute atomic E-state index is 3.43. The van der Waals surface area contributed by atoms with Gasteiger partial charge in [-0.2, -0.15) is 0 Å². The van der Waals surface area contributed by atoms with Crippen LogP contribution in [0.25, 0.3) is 5.52 Å². The minimum atomic E-state index is 1.03. The minimum absolute atomic E-state index is 1.03. The number of aryl methyl sites for hydroxylation is 1.